The Morgan fingerprint density at radius 2 is 2.19 bits per heavy atom. The van der Waals surface area contributed by atoms with Gasteiger partial charge in [-0.2, -0.15) is 15.4 Å². The molecule has 0 aliphatic rings. The first kappa shape index (κ1) is 10.6. The lowest BCUT2D eigenvalue weighted by Gasteiger charge is -2.09. The molecule has 0 aliphatic carbocycles. The second-order valence-corrected chi connectivity index (χ2v) is 3.39. The molecule has 0 radical (unpaired) electrons. The Kier molecular flexibility index (Phi) is 2.82. The number of nitrogens with zero attached hydrogens (tertiary/aromatic N) is 2. The van der Waals surface area contributed by atoms with Gasteiger partial charge in [-0.05, 0) is 25.1 Å². The smallest absolute Gasteiger partial charge is 0.253 e. The van der Waals surface area contributed by atoms with Crippen LogP contribution in [0.5, 0.6) is 0 Å². The highest BCUT2D eigenvalue weighted by Crippen LogP contribution is 2.15. The third-order valence-electron chi connectivity index (χ3n) is 2.31. The van der Waals surface area contributed by atoms with Gasteiger partial charge >= 0.3 is 0 Å². The number of fused-ring (bicyclic) bond motifs is 1. The zero-order chi connectivity index (χ0) is 11.5. The van der Waals surface area contributed by atoms with E-state index >= 15 is 0 Å². The van der Waals surface area contributed by atoms with E-state index in [1.54, 1.807) is 25.1 Å². The molecule has 0 saturated carbocycles. The van der Waals surface area contributed by atoms with Crippen molar-refractivity contribution in [2.75, 3.05) is 12.4 Å². The number of nitrogens with one attached hydrogen (secondary N) is 2. The van der Waals surface area contributed by atoms with E-state index in [0.717, 1.165) is 5.52 Å². The second kappa shape index (κ2) is 4.28. The summed E-state index contributed by atoms with van der Waals surface area (Å²) in [4.78, 5) is 11.5. The minimum absolute atomic E-state index is 0.189. The molecule has 1 heterocycles. The van der Waals surface area contributed by atoms with E-state index in [0.29, 0.717) is 11.2 Å². The molecule has 6 nitrogen and oxygen atoms in total. The van der Waals surface area contributed by atoms with Crippen LogP contribution in [0.25, 0.3) is 11.0 Å². The van der Waals surface area contributed by atoms with Gasteiger partial charge in [0, 0.05) is 12.8 Å². The molecule has 16 heavy (non-hydrogen) atoms. The molecule has 1 aromatic carbocycles. The number of methoxy groups -OCH3 is 1. The first-order valence-electron chi connectivity index (χ1n) is 4.85. The van der Waals surface area contributed by atoms with Gasteiger partial charge in [-0.1, -0.05) is 0 Å². The summed E-state index contributed by atoms with van der Waals surface area (Å²) in [6.45, 7) is 1.68. The lowest BCUT2D eigenvalue weighted by molar-refractivity contribution is -0.124. The zero-order valence-electron chi connectivity index (χ0n) is 9.02. The average molecular weight is 220 g/mol. The van der Waals surface area contributed by atoms with Crippen LogP contribution in [0.15, 0.2) is 18.2 Å². The molecular formula is C10H12N4O2. The highest BCUT2D eigenvalue weighted by atomic mass is 16.5. The Labute approximate surface area is 92.0 Å². The van der Waals surface area contributed by atoms with Crippen molar-refractivity contribution in [2.45, 2.75) is 13.0 Å². The summed E-state index contributed by atoms with van der Waals surface area (Å²) in [6, 6.07) is 5.30. The van der Waals surface area contributed by atoms with Gasteiger partial charge in [-0.3, -0.25) is 4.79 Å². The summed E-state index contributed by atoms with van der Waals surface area (Å²) in [5.74, 6) is -0.189. The van der Waals surface area contributed by atoms with Gasteiger partial charge in [0.1, 0.15) is 17.1 Å². The Balaban J connectivity index is 2.17. The number of rotatable bonds is 3. The molecule has 0 spiro atoms. The summed E-state index contributed by atoms with van der Waals surface area (Å²) in [6.07, 6.45) is -0.479. The lowest BCUT2D eigenvalue weighted by atomic mass is 10.2. The van der Waals surface area contributed by atoms with Gasteiger partial charge in [-0.15, -0.1) is 0 Å². The minimum Gasteiger partial charge on any atom is -0.372 e. The van der Waals surface area contributed by atoms with E-state index in [1.807, 2.05) is 0 Å². The van der Waals surface area contributed by atoms with E-state index in [9.17, 15) is 4.79 Å². The molecule has 84 valence electrons. The number of anilines is 1. The van der Waals surface area contributed by atoms with Crippen LogP contribution in [-0.2, 0) is 9.53 Å². The lowest BCUT2D eigenvalue weighted by Crippen LogP contribution is -2.26. The molecule has 0 saturated heterocycles. The quantitative estimate of drug-likeness (QED) is 0.806. The van der Waals surface area contributed by atoms with Crippen LogP contribution in [0, 0.1) is 0 Å². The molecule has 2 aromatic rings. The highest BCUT2D eigenvalue weighted by Gasteiger charge is 2.11. The van der Waals surface area contributed by atoms with E-state index in [-0.39, 0.29) is 5.91 Å². The van der Waals surface area contributed by atoms with Gasteiger partial charge in [0.25, 0.3) is 5.91 Å². The number of aromatic amines is 1. The van der Waals surface area contributed by atoms with Crippen molar-refractivity contribution in [1.82, 2.24) is 15.4 Å². The normalized spacial score (nSPS) is 12.6. The molecule has 0 aliphatic heterocycles. The van der Waals surface area contributed by atoms with Crippen molar-refractivity contribution in [3.05, 3.63) is 18.2 Å². The molecule has 2 N–H and O–H groups in total. The Hall–Kier alpha value is -1.95. The van der Waals surface area contributed by atoms with Gasteiger partial charge < -0.3 is 10.1 Å². The summed E-state index contributed by atoms with van der Waals surface area (Å²) >= 11 is 0. The molecule has 2 rings (SSSR count). The fourth-order valence-electron chi connectivity index (χ4n) is 1.27. The van der Waals surface area contributed by atoms with Crippen molar-refractivity contribution in [1.29, 1.82) is 0 Å². The summed E-state index contributed by atoms with van der Waals surface area (Å²) < 4.78 is 4.91. The van der Waals surface area contributed by atoms with Crippen molar-refractivity contribution >= 4 is 22.6 Å². The number of ether oxygens (including phenoxy) is 1. The SMILES string of the molecule is CO[C@H](C)C(=O)Nc1ccc2n[nH]nc2c1. The first-order chi connectivity index (χ1) is 7.70. The average Bonchev–Trinajstić information content (AvgIpc) is 2.75. The number of carbonyl (C=O) groups is 1. The van der Waals surface area contributed by atoms with E-state index in [2.05, 4.69) is 20.7 Å². The molecule has 1 atom stereocenters. The Morgan fingerprint density at radius 1 is 1.44 bits per heavy atom. The molecular weight excluding hydrogens is 208 g/mol. The highest BCUT2D eigenvalue weighted by molar-refractivity contribution is 5.95. The Morgan fingerprint density at radius 3 is 2.94 bits per heavy atom. The molecule has 6 heteroatoms. The van der Waals surface area contributed by atoms with Crippen LogP contribution >= 0.6 is 0 Å². The number of hydrogen-bond acceptors (Lipinski definition) is 4. The standard InChI is InChI=1S/C10H12N4O2/c1-6(16-2)10(15)11-7-3-4-8-9(5-7)13-14-12-8/h3-6H,1-2H3,(H,11,15)(H,12,13,14)/t6-/m1/s1. The topological polar surface area (TPSA) is 79.9 Å². The number of H-pyrrole nitrogens is 1. The minimum atomic E-state index is -0.479. The van der Waals surface area contributed by atoms with Crippen LogP contribution in [0.2, 0.25) is 0 Å². The number of amides is 1. The molecule has 1 aromatic heterocycles. The fourth-order valence-corrected chi connectivity index (χ4v) is 1.27. The molecule has 0 bridgehead atoms. The maximum absolute atomic E-state index is 11.5. The number of hydrogen-bond donors (Lipinski definition) is 2. The largest absolute Gasteiger partial charge is 0.372 e. The van der Waals surface area contributed by atoms with E-state index in [4.69, 9.17) is 4.74 Å². The predicted molar refractivity (Wildman–Crippen MR) is 59.0 cm³/mol. The van der Waals surface area contributed by atoms with Crippen LogP contribution in [-0.4, -0.2) is 34.5 Å². The van der Waals surface area contributed by atoms with E-state index in [1.165, 1.54) is 7.11 Å². The monoisotopic (exact) mass is 220 g/mol. The van der Waals surface area contributed by atoms with Crippen molar-refractivity contribution in [2.24, 2.45) is 0 Å². The molecule has 1 amide bonds. The Bertz CT molecular complexity index is 508. The fraction of sp³-hybridized carbons (Fsp3) is 0.300. The maximum atomic E-state index is 11.5. The van der Waals surface area contributed by atoms with Crippen molar-refractivity contribution in [3.8, 4) is 0 Å². The summed E-state index contributed by atoms with van der Waals surface area (Å²) in [5, 5.41) is 13.1. The van der Waals surface area contributed by atoms with Gasteiger partial charge in [0.15, 0.2) is 0 Å². The summed E-state index contributed by atoms with van der Waals surface area (Å²) in [7, 11) is 1.49. The third-order valence-corrected chi connectivity index (χ3v) is 2.31. The van der Waals surface area contributed by atoms with Crippen LogP contribution in [0.1, 0.15) is 6.92 Å². The number of carbonyl (C=O) groups excluding carboxylic acids is 1. The predicted octanol–water partition coefficient (Wildman–Crippen LogP) is 0.931. The van der Waals surface area contributed by atoms with Crippen molar-refractivity contribution in [3.63, 3.8) is 0 Å². The van der Waals surface area contributed by atoms with Gasteiger partial charge in [0.2, 0.25) is 0 Å². The van der Waals surface area contributed by atoms with Gasteiger partial charge in [-0.25, -0.2) is 0 Å². The second-order valence-electron chi connectivity index (χ2n) is 3.39. The third kappa shape index (κ3) is 2.01. The van der Waals surface area contributed by atoms with Crippen LogP contribution in [0.3, 0.4) is 0 Å². The number of benzene rings is 1. The van der Waals surface area contributed by atoms with Crippen LogP contribution < -0.4 is 5.32 Å². The zero-order valence-corrected chi connectivity index (χ0v) is 9.02. The first-order valence-corrected chi connectivity index (χ1v) is 4.85. The summed E-state index contributed by atoms with van der Waals surface area (Å²) in [5.41, 5.74) is 2.15. The number of aromatic nitrogens is 3. The van der Waals surface area contributed by atoms with Crippen LogP contribution in [0.4, 0.5) is 5.69 Å². The maximum Gasteiger partial charge on any atom is 0.253 e. The van der Waals surface area contributed by atoms with Gasteiger partial charge in [0.05, 0.1) is 0 Å². The molecule has 0 unspecified atom stereocenters. The molecule has 0 fully saturated rings. The van der Waals surface area contributed by atoms with E-state index < -0.39 is 6.10 Å². The van der Waals surface area contributed by atoms with Crippen molar-refractivity contribution < 1.29 is 9.53 Å².